The van der Waals surface area contributed by atoms with Gasteiger partial charge < -0.3 is 19.1 Å². The number of benzene rings is 2. The molecule has 0 saturated carbocycles. The Morgan fingerprint density at radius 2 is 1.94 bits per heavy atom. The van der Waals surface area contributed by atoms with E-state index in [-0.39, 0.29) is 24.3 Å². The van der Waals surface area contributed by atoms with Gasteiger partial charge in [0.25, 0.3) is 5.91 Å². The van der Waals surface area contributed by atoms with Crippen LogP contribution in [-0.4, -0.2) is 48.0 Å². The second-order valence-electron chi connectivity index (χ2n) is 7.91. The molecule has 0 spiro atoms. The van der Waals surface area contributed by atoms with E-state index in [4.69, 9.17) is 14.2 Å². The molecule has 0 unspecified atom stereocenters. The number of carbonyl (C=O) groups excluding carboxylic acids is 3. The highest BCUT2D eigenvalue weighted by Gasteiger charge is 2.40. The summed E-state index contributed by atoms with van der Waals surface area (Å²) in [6.07, 6.45) is 0.305. The number of fused-ring (bicyclic) bond motifs is 2. The van der Waals surface area contributed by atoms with Crippen LogP contribution in [0.4, 0.5) is 0 Å². The number of ether oxygens (including phenoxy) is 3. The Labute approximate surface area is 179 Å². The molecule has 0 radical (unpaired) electrons. The monoisotopic (exact) mass is 422 g/mol. The summed E-state index contributed by atoms with van der Waals surface area (Å²) in [6.45, 7) is 1.50. The van der Waals surface area contributed by atoms with Crippen LogP contribution < -0.4 is 14.8 Å². The maximum Gasteiger partial charge on any atom is 0.255 e. The molecule has 3 aliphatic heterocycles. The van der Waals surface area contributed by atoms with Gasteiger partial charge in [-0.3, -0.25) is 19.7 Å². The molecule has 31 heavy (non-hydrogen) atoms. The van der Waals surface area contributed by atoms with Crippen LogP contribution in [0.2, 0.25) is 0 Å². The average Bonchev–Trinajstić information content (AvgIpc) is 3.08. The molecule has 1 saturated heterocycles. The molecule has 160 valence electrons. The molecule has 2 aromatic rings. The Kier molecular flexibility index (Phi) is 5.07. The van der Waals surface area contributed by atoms with E-state index in [2.05, 4.69) is 5.32 Å². The Morgan fingerprint density at radius 1 is 1.10 bits per heavy atom. The standard InChI is InChI=1S/C23H22N2O6/c26-21-7-6-18(22(27)24-21)25-10-15-8-20-19(9-17(15)23(25)28)30-13-16(31-20)12-29-11-14-4-2-1-3-5-14/h1-5,8-9,16,18H,6-7,10-13H2,(H,24,26,27)/t16-,18-/m0/s1. The number of rotatable bonds is 5. The van der Waals surface area contributed by atoms with Gasteiger partial charge in [-0.05, 0) is 29.7 Å². The van der Waals surface area contributed by atoms with Crippen LogP contribution in [0.3, 0.4) is 0 Å². The minimum absolute atomic E-state index is 0.226. The van der Waals surface area contributed by atoms with E-state index in [1.807, 2.05) is 30.3 Å². The van der Waals surface area contributed by atoms with Gasteiger partial charge in [0.2, 0.25) is 11.8 Å². The summed E-state index contributed by atoms with van der Waals surface area (Å²) in [5.41, 5.74) is 2.37. The largest absolute Gasteiger partial charge is 0.486 e. The smallest absolute Gasteiger partial charge is 0.255 e. The van der Waals surface area contributed by atoms with E-state index in [9.17, 15) is 14.4 Å². The molecule has 3 amide bonds. The molecule has 2 aromatic carbocycles. The van der Waals surface area contributed by atoms with E-state index in [0.717, 1.165) is 11.1 Å². The Hall–Kier alpha value is -3.39. The molecule has 2 atom stereocenters. The van der Waals surface area contributed by atoms with Gasteiger partial charge in [0.1, 0.15) is 12.6 Å². The summed E-state index contributed by atoms with van der Waals surface area (Å²) in [5, 5.41) is 2.31. The van der Waals surface area contributed by atoms with Crippen LogP contribution >= 0.6 is 0 Å². The summed E-state index contributed by atoms with van der Waals surface area (Å²) in [4.78, 5) is 38.0. The number of piperidine rings is 1. The van der Waals surface area contributed by atoms with Crippen LogP contribution in [0.5, 0.6) is 11.5 Å². The van der Waals surface area contributed by atoms with Crippen molar-refractivity contribution in [2.75, 3.05) is 13.2 Å². The van der Waals surface area contributed by atoms with Crippen molar-refractivity contribution in [3.05, 3.63) is 59.2 Å². The molecular weight excluding hydrogens is 400 g/mol. The molecule has 1 fully saturated rings. The fourth-order valence-electron chi connectivity index (χ4n) is 4.14. The maximum atomic E-state index is 12.9. The van der Waals surface area contributed by atoms with Gasteiger partial charge in [-0.15, -0.1) is 0 Å². The first-order valence-corrected chi connectivity index (χ1v) is 10.3. The molecule has 8 nitrogen and oxygen atoms in total. The summed E-state index contributed by atoms with van der Waals surface area (Å²) < 4.78 is 17.6. The van der Waals surface area contributed by atoms with Gasteiger partial charge in [-0.1, -0.05) is 30.3 Å². The zero-order valence-corrected chi connectivity index (χ0v) is 16.8. The fraction of sp³-hybridized carbons (Fsp3) is 0.348. The number of amides is 3. The minimum atomic E-state index is -0.643. The van der Waals surface area contributed by atoms with Crippen molar-refractivity contribution in [3.63, 3.8) is 0 Å². The van der Waals surface area contributed by atoms with Crippen molar-refractivity contribution < 1.29 is 28.6 Å². The molecule has 0 aromatic heterocycles. The molecular formula is C23H22N2O6. The van der Waals surface area contributed by atoms with Gasteiger partial charge in [0.15, 0.2) is 17.6 Å². The fourth-order valence-corrected chi connectivity index (χ4v) is 4.14. The van der Waals surface area contributed by atoms with Crippen molar-refractivity contribution in [2.45, 2.75) is 38.1 Å². The maximum absolute atomic E-state index is 12.9. The van der Waals surface area contributed by atoms with Crippen LogP contribution in [0.1, 0.15) is 34.3 Å². The van der Waals surface area contributed by atoms with Crippen molar-refractivity contribution in [1.82, 2.24) is 10.2 Å². The van der Waals surface area contributed by atoms with E-state index in [1.165, 1.54) is 4.90 Å². The molecule has 5 rings (SSSR count). The molecule has 0 aliphatic carbocycles. The molecule has 1 N–H and O–H groups in total. The second-order valence-corrected chi connectivity index (χ2v) is 7.91. The molecule has 8 heteroatoms. The second kappa shape index (κ2) is 8.03. The van der Waals surface area contributed by atoms with Gasteiger partial charge in [-0.25, -0.2) is 0 Å². The van der Waals surface area contributed by atoms with E-state index in [0.29, 0.717) is 49.8 Å². The van der Waals surface area contributed by atoms with E-state index >= 15 is 0 Å². The highest BCUT2D eigenvalue weighted by Crippen LogP contribution is 2.39. The predicted molar refractivity (Wildman–Crippen MR) is 108 cm³/mol. The molecule has 3 heterocycles. The molecule has 0 bridgehead atoms. The first kappa shape index (κ1) is 19.6. The van der Waals surface area contributed by atoms with Crippen LogP contribution in [0, 0.1) is 0 Å². The Bertz CT molecular complexity index is 1040. The summed E-state index contributed by atoms with van der Waals surface area (Å²) in [5.74, 6) is 0.116. The van der Waals surface area contributed by atoms with Crippen LogP contribution in [0.15, 0.2) is 42.5 Å². The third kappa shape index (κ3) is 3.86. The quantitative estimate of drug-likeness (QED) is 0.739. The van der Waals surface area contributed by atoms with Crippen molar-refractivity contribution in [2.24, 2.45) is 0 Å². The number of nitrogens with zero attached hydrogens (tertiary/aromatic N) is 1. The van der Waals surface area contributed by atoms with Crippen molar-refractivity contribution >= 4 is 17.7 Å². The summed E-state index contributed by atoms with van der Waals surface area (Å²) >= 11 is 0. The molecule has 3 aliphatic rings. The van der Waals surface area contributed by atoms with E-state index < -0.39 is 11.9 Å². The van der Waals surface area contributed by atoms with Crippen molar-refractivity contribution in [1.29, 1.82) is 0 Å². The van der Waals surface area contributed by atoms with Gasteiger partial charge in [0, 0.05) is 18.5 Å². The number of hydrogen-bond donors (Lipinski definition) is 1. The summed E-state index contributed by atoms with van der Waals surface area (Å²) in [7, 11) is 0. The number of carbonyl (C=O) groups is 3. The lowest BCUT2D eigenvalue weighted by Crippen LogP contribution is -2.52. The Morgan fingerprint density at radius 3 is 2.74 bits per heavy atom. The summed E-state index contributed by atoms with van der Waals surface area (Å²) in [6, 6.07) is 12.7. The lowest BCUT2D eigenvalue weighted by Gasteiger charge is -2.29. The van der Waals surface area contributed by atoms with E-state index in [1.54, 1.807) is 12.1 Å². The lowest BCUT2D eigenvalue weighted by atomic mass is 10.0. The number of nitrogens with one attached hydrogen (secondary N) is 1. The third-order valence-electron chi connectivity index (χ3n) is 5.72. The zero-order chi connectivity index (χ0) is 21.4. The van der Waals surface area contributed by atoms with Gasteiger partial charge in [-0.2, -0.15) is 0 Å². The zero-order valence-electron chi connectivity index (χ0n) is 16.8. The lowest BCUT2D eigenvalue weighted by molar-refractivity contribution is -0.136. The van der Waals surface area contributed by atoms with Gasteiger partial charge >= 0.3 is 0 Å². The average molecular weight is 422 g/mol. The number of hydrogen-bond acceptors (Lipinski definition) is 6. The first-order valence-electron chi connectivity index (χ1n) is 10.3. The van der Waals surface area contributed by atoms with Gasteiger partial charge in [0.05, 0.1) is 13.2 Å². The SMILES string of the molecule is O=C1CC[C@H](N2Cc3cc4c(cc3C2=O)OC[C@H](COCc2ccccc2)O4)C(=O)N1. The topological polar surface area (TPSA) is 94.2 Å². The highest BCUT2D eigenvalue weighted by molar-refractivity contribution is 6.05. The van der Waals surface area contributed by atoms with Crippen LogP contribution in [-0.2, 0) is 27.5 Å². The Balaban J connectivity index is 1.25. The highest BCUT2D eigenvalue weighted by atomic mass is 16.6. The minimum Gasteiger partial charge on any atom is -0.486 e. The predicted octanol–water partition coefficient (Wildman–Crippen LogP) is 1.80. The first-order chi connectivity index (χ1) is 15.1. The van der Waals surface area contributed by atoms with Crippen molar-refractivity contribution in [3.8, 4) is 11.5 Å². The van der Waals surface area contributed by atoms with Crippen LogP contribution in [0.25, 0.3) is 0 Å². The number of imide groups is 1. The third-order valence-corrected chi connectivity index (χ3v) is 5.72. The normalized spacial score (nSPS) is 22.3.